The lowest BCUT2D eigenvalue weighted by atomic mass is 10.1. The van der Waals surface area contributed by atoms with E-state index in [-0.39, 0.29) is 0 Å². The Kier molecular flexibility index (Phi) is 3.88. The number of para-hydroxylation sites is 1. The Labute approximate surface area is 124 Å². The Morgan fingerprint density at radius 2 is 2.25 bits per heavy atom. The van der Waals surface area contributed by atoms with E-state index >= 15 is 0 Å². The second kappa shape index (κ2) is 5.65. The molecule has 0 amide bonds. The third-order valence-corrected chi connectivity index (χ3v) is 4.45. The fourth-order valence-corrected chi connectivity index (χ4v) is 3.08. The average Bonchev–Trinajstić information content (AvgIpc) is 3.24. The van der Waals surface area contributed by atoms with Crippen molar-refractivity contribution in [3.8, 4) is 5.75 Å². The molecule has 3 nitrogen and oxygen atoms in total. The molecular formula is C16H21ClN2O. The van der Waals surface area contributed by atoms with Crippen molar-refractivity contribution in [2.24, 2.45) is 11.8 Å². The van der Waals surface area contributed by atoms with E-state index in [0.29, 0.717) is 11.8 Å². The summed E-state index contributed by atoms with van der Waals surface area (Å²) in [7, 11) is 1.70. The molecule has 0 radical (unpaired) electrons. The number of nitrogens with zero attached hydrogens (tertiary/aromatic N) is 2. The van der Waals surface area contributed by atoms with Crippen LogP contribution in [-0.2, 0) is 13.0 Å². The van der Waals surface area contributed by atoms with Crippen LogP contribution in [0.4, 0.5) is 0 Å². The van der Waals surface area contributed by atoms with Crippen molar-refractivity contribution in [3.05, 3.63) is 24.0 Å². The van der Waals surface area contributed by atoms with Crippen molar-refractivity contribution in [2.45, 2.75) is 32.7 Å². The molecule has 1 atom stereocenters. The monoisotopic (exact) mass is 292 g/mol. The summed E-state index contributed by atoms with van der Waals surface area (Å²) in [4.78, 5) is 4.76. The average molecular weight is 293 g/mol. The molecule has 1 unspecified atom stereocenters. The molecule has 1 fully saturated rings. The molecule has 0 N–H and O–H groups in total. The number of aryl methyl sites for hydroxylation is 1. The number of benzene rings is 1. The van der Waals surface area contributed by atoms with Crippen LogP contribution in [0.2, 0.25) is 0 Å². The van der Waals surface area contributed by atoms with Crippen LogP contribution in [0.1, 0.15) is 25.6 Å². The van der Waals surface area contributed by atoms with E-state index < -0.39 is 0 Å². The second-order valence-corrected chi connectivity index (χ2v) is 6.10. The summed E-state index contributed by atoms with van der Waals surface area (Å²) in [6.07, 6.45) is 3.56. The van der Waals surface area contributed by atoms with Crippen LogP contribution in [0, 0.1) is 11.8 Å². The highest BCUT2D eigenvalue weighted by Crippen LogP contribution is 2.38. The van der Waals surface area contributed by atoms with Crippen molar-refractivity contribution in [1.29, 1.82) is 0 Å². The normalized spacial score (nSPS) is 16.6. The van der Waals surface area contributed by atoms with Gasteiger partial charge in [0.1, 0.15) is 17.1 Å². The van der Waals surface area contributed by atoms with E-state index in [0.717, 1.165) is 41.5 Å². The summed E-state index contributed by atoms with van der Waals surface area (Å²) in [5.41, 5.74) is 2.12. The van der Waals surface area contributed by atoms with Crippen LogP contribution in [0.5, 0.6) is 5.75 Å². The number of imidazole rings is 1. The number of alkyl halides is 1. The third kappa shape index (κ3) is 2.51. The third-order valence-electron chi connectivity index (χ3n) is 4.26. The molecule has 1 aliphatic rings. The maximum absolute atomic E-state index is 5.94. The van der Waals surface area contributed by atoms with E-state index in [9.17, 15) is 0 Å². The number of ether oxygens (including phenoxy) is 1. The Balaban J connectivity index is 2.03. The molecule has 1 aromatic carbocycles. The molecule has 4 heteroatoms. The summed E-state index contributed by atoms with van der Waals surface area (Å²) in [6.45, 7) is 3.37. The van der Waals surface area contributed by atoms with Gasteiger partial charge < -0.3 is 9.30 Å². The quantitative estimate of drug-likeness (QED) is 0.756. The molecular weight excluding hydrogens is 272 g/mol. The molecule has 1 saturated carbocycles. The summed E-state index contributed by atoms with van der Waals surface area (Å²) in [5.74, 6) is 4.11. The molecule has 0 spiro atoms. The number of methoxy groups -OCH3 is 1. The zero-order chi connectivity index (χ0) is 14.1. The lowest BCUT2D eigenvalue weighted by Gasteiger charge is -2.14. The standard InChI is InChI=1S/C16H21ClN2O/c1-11(12-6-7-12)10-19-13-4-3-5-14(20-2)16(13)18-15(19)8-9-17/h3-5,11-12H,6-10H2,1-2H3. The van der Waals surface area contributed by atoms with Crippen LogP contribution in [0.15, 0.2) is 18.2 Å². The van der Waals surface area contributed by atoms with Crippen LogP contribution in [-0.4, -0.2) is 22.5 Å². The van der Waals surface area contributed by atoms with Crippen LogP contribution in [0.25, 0.3) is 11.0 Å². The van der Waals surface area contributed by atoms with Crippen molar-refractivity contribution < 1.29 is 4.74 Å². The molecule has 0 saturated heterocycles. The topological polar surface area (TPSA) is 27.1 Å². The summed E-state index contributed by atoms with van der Waals surface area (Å²) < 4.78 is 7.77. The minimum atomic E-state index is 0.601. The summed E-state index contributed by atoms with van der Waals surface area (Å²) >= 11 is 5.94. The molecule has 3 rings (SSSR count). The minimum Gasteiger partial charge on any atom is -0.494 e. The first-order chi connectivity index (χ1) is 9.74. The Bertz CT molecular complexity index is 604. The second-order valence-electron chi connectivity index (χ2n) is 5.72. The zero-order valence-corrected chi connectivity index (χ0v) is 12.9. The SMILES string of the molecule is COc1cccc2c1nc(CCCl)n2CC(C)C1CC1. The first-order valence-electron chi connectivity index (χ1n) is 7.32. The Morgan fingerprint density at radius 1 is 1.45 bits per heavy atom. The van der Waals surface area contributed by atoms with Crippen molar-refractivity contribution in [1.82, 2.24) is 9.55 Å². The molecule has 0 bridgehead atoms. The number of aromatic nitrogens is 2. The van der Waals surface area contributed by atoms with E-state index in [1.165, 1.54) is 12.8 Å². The number of halogens is 1. The van der Waals surface area contributed by atoms with Crippen molar-refractivity contribution in [2.75, 3.05) is 13.0 Å². The maximum atomic E-state index is 5.94. The van der Waals surface area contributed by atoms with Gasteiger partial charge in [-0.05, 0) is 36.8 Å². The minimum absolute atomic E-state index is 0.601. The number of rotatable bonds is 6. The zero-order valence-electron chi connectivity index (χ0n) is 12.1. The fourth-order valence-electron chi connectivity index (χ4n) is 2.92. The van der Waals surface area contributed by atoms with Crippen LogP contribution < -0.4 is 4.74 Å². The van der Waals surface area contributed by atoms with Gasteiger partial charge in [-0.3, -0.25) is 0 Å². The van der Waals surface area contributed by atoms with E-state index in [1.807, 2.05) is 12.1 Å². The molecule has 2 aromatic rings. The van der Waals surface area contributed by atoms with Gasteiger partial charge in [0.2, 0.25) is 0 Å². The van der Waals surface area contributed by atoms with E-state index in [4.69, 9.17) is 21.3 Å². The highest BCUT2D eigenvalue weighted by Gasteiger charge is 2.29. The van der Waals surface area contributed by atoms with E-state index in [2.05, 4.69) is 17.6 Å². The molecule has 1 heterocycles. The summed E-state index contributed by atoms with van der Waals surface area (Å²) in [5, 5.41) is 0. The number of fused-ring (bicyclic) bond motifs is 1. The molecule has 0 aliphatic heterocycles. The Morgan fingerprint density at radius 3 is 2.90 bits per heavy atom. The van der Waals surface area contributed by atoms with Gasteiger partial charge in [0.25, 0.3) is 0 Å². The number of hydrogen-bond donors (Lipinski definition) is 0. The largest absolute Gasteiger partial charge is 0.494 e. The number of hydrogen-bond acceptors (Lipinski definition) is 2. The predicted molar refractivity (Wildman–Crippen MR) is 82.6 cm³/mol. The molecule has 108 valence electrons. The van der Waals surface area contributed by atoms with Gasteiger partial charge in [-0.1, -0.05) is 13.0 Å². The fraction of sp³-hybridized carbons (Fsp3) is 0.562. The van der Waals surface area contributed by atoms with Crippen LogP contribution >= 0.6 is 11.6 Å². The lowest BCUT2D eigenvalue weighted by molar-refractivity contribution is 0.419. The van der Waals surface area contributed by atoms with Gasteiger partial charge in [-0.25, -0.2) is 4.98 Å². The van der Waals surface area contributed by atoms with Gasteiger partial charge in [-0.2, -0.15) is 0 Å². The highest BCUT2D eigenvalue weighted by atomic mass is 35.5. The summed E-state index contributed by atoms with van der Waals surface area (Å²) in [6, 6.07) is 6.13. The van der Waals surface area contributed by atoms with Gasteiger partial charge in [0.15, 0.2) is 0 Å². The van der Waals surface area contributed by atoms with E-state index in [1.54, 1.807) is 7.11 Å². The van der Waals surface area contributed by atoms with Crippen molar-refractivity contribution in [3.63, 3.8) is 0 Å². The molecule has 20 heavy (non-hydrogen) atoms. The van der Waals surface area contributed by atoms with Gasteiger partial charge in [0, 0.05) is 18.8 Å². The molecule has 1 aliphatic carbocycles. The smallest absolute Gasteiger partial charge is 0.146 e. The lowest BCUT2D eigenvalue weighted by Crippen LogP contribution is -2.12. The maximum Gasteiger partial charge on any atom is 0.146 e. The van der Waals surface area contributed by atoms with Crippen LogP contribution in [0.3, 0.4) is 0 Å². The van der Waals surface area contributed by atoms with Gasteiger partial charge in [0.05, 0.1) is 12.6 Å². The predicted octanol–water partition coefficient (Wildman–Crippen LogP) is 3.87. The molecule has 1 aromatic heterocycles. The van der Waals surface area contributed by atoms with Gasteiger partial charge in [-0.15, -0.1) is 11.6 Å². The van der Waals surface area contributed by atoms with Gasteiger partial charge >= 0.3 is 0 Å². The Hall–Kier alpha value is -1.22. The first kappa shape index (κ1) is 13.7. The highest BCUT2D eigenvalue weighted by molar-refractivity contribution is 6.17. The van der Waals surface area contributed by atoms with Crippen molar-refractivity contribution >= 4 is 22.6 Å². The first-order valence-corrected chi connectivity index (χ1v) is 7.86.